The van der Waals surface area contributed by atoms with Crippen LogP contribution in [0.25, 0.3) is 11.0 Å². The molecule has 0 saturated heterocycles. The minimum absolute atomic E-state index is 0. The van der Waals surface area contributed by atoms with E-state index in [4.69, 9.17) is 9.15 Å². The summed E-state index contributed by atoms with van der Waals surface area (Å²) in [4.78, 5) is 0. The predicted molar refractivity (Wildman–Crippen MR) is 50.0 cm³/mol. The maximum Gasteiger partial charge on any atom is 1.00 e. The van der Waals surface area contributed by atoms with Crippen molar-refractivity contribution in [2.24, 2.45) is 0 Å². The summed E-state index contributed by atoms with van der Waals surface area (Å²) in [5.74, 6) is 0.668. The average Bonchev–Trinajstić information content (AvgIpc) is 2.59. The van der Waals surface area contributed by atoms with E-state index in [1.54, 1.807) is 25.3 Å². The van der Waals surface area contributed by atoms with Crippen molar-refractivity contribution in [2.45, 2.75) is 5.09 Å². The van der Waals surface area contributed by atoms with Crippen molar-refractivity contribution in [1.29, 1.82) is 0 Å². The van der Waals surface area contributed by atoms with Gasteiger partial charge in [-0.15, -0.1) is 0 Å². The van der Waals surface area contributed by atoms with Crippen molar-refractivity contribution in [2.75, 3.05) is 7.11 Å². The number of benzene rings is 1. The Labute approximate surface area is 101 Å². The molecule has 0 aliphatic heterocycles. The van der Waals surface area contributed by atoms with Gasteiger partial charge >= 0.3 is 18.9 Å². The summed E-state index contributed by atoms with van der Waals surface area (Å²) in [7, 11) is 1.55. The Morgan fingerprint density at radius 1 is 1.40 bits per heavy atom. The molecule has 0 amide bonds. The van der Waals surface area contributed by atoms with Crippen LogP contribution in [0.1, 0.15) is 0 Å². The second kappa shape index (κ2) is 4.86. The summed E-state index contributed by atoms with van der Waals surface area (Å²) in [6.07, 6.45) is 0. The fraction of sp³-hybridized carbons (Fsp3) is 0.111. The predicted octanol–water partition coefficient (Wildman–Crippen LogP) is -1.32. The van der Waals surface area contributed by atoms with Gasteiger partial charge in [0.05, 0.1) is 7.11 Å². The zero-order valence-corrected chi connectivity index (χ0v) is 9.17. The molecule has 74 valence electrons. The molecule has 2 rings (SSSR count). The topological polar surface area (TPSA) is 62.5 Å². The number of hydrogen-bond acceptors (Lipinski definition) is 4. The van der Waals surface area contributed by atoms with E-state index in [2.05, 4.69) is 0 Å². The van der Waals surface area contributed by atoms with E-state index in [9.17, 15) is 8.76 Å². The Morgan fingerprint density at radius 2 is 2.13 bits per heavy atom. The van der Waals surface area contributed by atoms with Gasteiger partial charge in [-0.3, -0.25) is 4.21 Å². The number of rotatable bonds is 2. The molecule has 0 N–H and O–H groups in total. The number of ether oxygens (including phenoxy) is 1. The van der Waals surface area contributed by atoms with Crippen LogP contribution in [0.3, 0.4) is 0 Å². The molecular formula is C9H7LiO4S. The minimum Gasteiger partial charge on any atom is -0.766 e. The van der Waals surface area contributed by atoms with Crippen LogP contribution in [0.4, 0.5) is 0 Å². The molecule has 0 saturated carbocycles. The third kappa shape index (κ3) is 2.44. The van der Waals surface area contributed by atoms with Gasteiger partial charge in [-0.1, -0.05) is 0 Å². The number of fused-ring (bicyclic) bond motifs is 1. The summed E-state index contributed by atoms with van der Waals surface area (Å²) in [6.45, 7) is 0. The summed E-state index contributed by atoms with van der Waals surface area (Å²) in [6, 6.07) is 6.56. The molecule has 1 heterocycles. The van der Waals surface area contributed by atoms with Gasteiger partial charge < -0.3 is 13.7 Å². The molecule has 1 aromatic heterocycles. The number of methoxy groups -OCH3 is 1. The van der Waals surface area contributed by atoms with E-state index in [1.165, 1.54) is 6.07 Å². The zero-order valence-electron chi connectivity index (χ0n) is 8.35. The summed E-state index contributed by atoms with van der Waals surface area (Å²) in [5, 5.41) is 0.650. The number of hydrogen-bond donors (Lipinski definition) is 0. The van der Waals surface area contributed by atoms with Gasteiger partial charge in [0, 0.05) is 22.5 Å². The van der Waals surface area contributed by atoms with Crippen LogP contribution in [0.15, 0.2) is 33.8 Å². The third-order valence-electron chi connectivity index (χ3n) is 1.87. The monoisotopic (exact) mass is 218 g/mol. The van der Waals surface area contributed by atoms with Crippen LogP contribution in [-0.4, -0.2) is 15.9 Å². The first-order valence-corrected chi connectivity index (χ1v) is 4.95. The van der Waals surface area contributed by atoms with Gasteiger partial charge in [0.1, 0.15) is 11.3 Å². The number of furan rings is 1. The Balaban J connectivity index is 0.00000112. The average molecular weight is 218 g/mol. The van der Waals surface area contributed by atoms with Crippen molar-refractivity contribution in [1.82, 2.24) is 0 Å². The van der Waals surface area contributed by atoms with E-state index in [1.807, 2.05) is 0 Å². The Hall–Kier alpha value is -0.733. The van der Waals surface area contributed by atoms with E-state index < -0.39 is 11.1 Å². The molecule has 1 aromatic carbocycles. The SMILES string of the molecule is COc1ccc2oc(S(=O)[O-])cc2c1.[Li+]. The van der Waals surface area contributed by atoms with Crippen LogP contribution >= 0.6 is 0 Å². The van der Waals surface area contributed by atoms with Crippen LogP contribution < -0.4 is 23.6 Å². The molecule has 15 heavy (non-hydrogen) atoms. The minimum atomic E-state index is -2.33. The first-order chi connectivity index (χ1) is 6.70. The molecule has 1 unspecified atom stereocenters. The van der Waals surface area contributed by atoms with Gasteiger partial charge in [-0.05, 0) is 18.2 Å². The fourth-order valence-electron chi connectivity index (χ4n) is 1.21. The van der Waals surface area contributed by atoms with Crippen LogP contribution in [-0.2, 0) is 11.1 Å². The van der Waals surface area contributed by atoms with Crippen molar-refractivity contribution in [3.05, 3.63) is 24.3 Å². The van der Waals surface area contributed by atoms with Crippen molar-refractivity contribution < 1.29 is 36.8 Å². The second-order valence-corrected chi connectivity index (χ2v) is 3.58. The van der Waals surface area contributed by atoms with Crippen LogP contribution in [0.5, 0.6) is 5.75 Å². The fourth-order valence-corrected chi connectivity index (χ4v) is 1.59. The van der Waals surface area contributed by atoms with Crippen molar-refractivity contribution in [3.63, 3.8) is 0 Å². The van der Waals surface area contributed by atoms with Crippen LogP contribution in [0, 0.1) is 0 Å². The third-order valence-corrected chi connectivity index (χ3v) is 2.39. The van der Waals surface area contributed by atoms with Gasteiger partial charge in [0.25, 0.3) is 0 Å². The molecular weight excluding hydrogens is 211 g/mol. The van der Waals surface area contributed by atoms with Gasteiger partial charge in [-0.25, -0.2) is 0 Å². The second-order valence-electron chi connectivity index (χ2n) is 2.70. The molecule has 0 spiro atoms. The normalized spacial score (nSPS) is 12.1. The van der Waals surface area contributed by atoms with E-state index >= 15 is 0 Å². The first-order valence-electron chi connectivity index (χ1n) is 3.87. The molecule has 0 bridgehead atoms. The van der Waals surface area contributed by atoms with E-state index in [0.29, 0.717) is 16.7 Å². The molecule has 1 atom stereocenters. The largest absolute Gasteiger partial charge is 1.00 e. The molecule has 4 nitrogen and oxygen atoms in total. The quantitative estimate of drug-likeness (QED) is 0.463. The molecule has 0 aliphatic rings. The van der Waals surface area contributed by atoms with Gasteiger partial charge in [-0.2, -0.15) is 0 Å². The van der Waals surface area contributed by atoms with E-state index in [-0.39, 0.29) is 24.0 Å². The van der Waals surface area contributed by atoms with Crippen molar-refractivity contribution in [3.8, 4) is 5.75 Å². The Kier molecular flexibility index (Phi) is 4.00. The molecule has 0 fully saturated rings. The molecule has 2 aromatic rings. The van der Waals surface area contributed by atoms with Gasteiger partial charge in [0.2, 0.25) is 0 Å². The zero-order chi connectivity index (χ0) is 10.1. The van der Waals surface area contributed by atoms with E-state index in [0.717, 1.165) is 0 Å². The maximum atomic E-state index is 10.6. The summed E-state index contributed by atoms with van der Waals surface area (Å²) >= 11 is -2.33. The Bertz CT molecular complexity index is 494. The standard InChI is InChI=1S/C9H8O4S.Li/c1-12-7-2-3-8-6(4-7)5-9(13-8)14(10)11;/h2-5H,1H3,(H,10,11);/q;+1/p-1. The maximum absolute atomic E-state index is 10.6. The smallest absolute Gasteiger partial charge is 0.766 e. The summed E-state index contributed by atoms with van der Waals surface area (Å²) < 4.78 is 31.3. The molecule has 0 radical (unpaired) electrons. The Morgan fingerprint density at radius 3 is 2.73 bits per heavy atom. The van der Waals surface area contributed by atoms with Crippen LogP contribution in [0.2, 0.25) is 0 Å². The van der Waals surface area contributed by atoms with Crippen molar-refractivity contribution >= 4 is 22.0 Å². The molecule has 6 heteroatoms. The first kappa shape index (κ1) is 12.3. The summed E-state index contributed by atoms with van der Waals surface area (Å²) in [5.41, 5.74) is 0.532. The molecule has 0 aliphatic carbocycles. The van der Waals surface area contributed by atoms with Gasteiger partial charge in [0.15, 0.2) is 5.09 Å².